The summed E-state index contributed by atoms with van der Waals surface area (Å²) >= 11 is 0. The molecule has 2 rings (SSSR count). The number of ether oxygens (including phenoxy) is 1. The molecule has 0 bridgehead atoms. The standard InChI is InChI=1S/C15H20F2N2O2.ClH/c16-15(17)21-13-3-1-2-12(8-13)10-19-14(20)5-4-11-6-7-18-9-11;/h1-3,8,11,15,18H,4-7,9-10H2,(H,19,20);1H. The van der Waals surface area contributed by atoms with E-state index in [2.05, 4.69) is 15.4 Å². The first-order valence-electron chi connectivity index (χ1n) is 7.14. The van der Waals surface area contributed by atoms with Crippen LogP contribution in [0, 0.1) is 5.92 Å². The van der Waals surface area contributed by atoms with Crippen LogP contribution < -0.4 is 15.4 Å². The van der Waals surface area contributed by atoms with Crippen molar-refractivity contribution in [3.63, 3.8) is 0 Å². The molecule has 1 unspecified atom stereocenters. The lowest BCUT2D eigenvalue weighted by Crippen LogP contribution is -2.23. The number of nitrogens with one attached hydrogen (secondary N) is 2. The Balaban J connectivity index is 0.00000242. The summed E-state index contributed by atoms with van der Waals surface area (Å²) in [7, 11) is 0. The Morgan fingerprint density at radius 2 is 2.27 bits per heavy atom. The molecule has 1 fully saturated rings. The third kappa shape index (κ3) is 6.58. The maximum atomic E-state index is 12.1. The third-order valence-electron chi connectivity index (χ3n) is 3.56. The quantitative estimate of drug-likeness (QED) is 0.806. The highest BCUT2D eigenvalue weighted by atomic mass is 35.5. The van der Waals surface area contributed by atoms with E-state index in [-0.39, 0.29) is 24.1 Å². The zero-order valence-electron chi connectivity index (χ0n) is 12.2. The van der Waals surface area contributed by atoms with Crippen LogP contribution >= 0.6 is 12.4 Å². The number of alkyl halides is 2. The fourth-order valence-corrected chi connectivity index (χ4v) is 2.42. The summed E-state index contributed by atoms with van der Waals surface area (Å²) in [5.41, 5.74) is 0.740. The molecule has 22 heavy (non-hydrogen) atoms. The molecule has 0 radical (unpaired) electrons. The zero-order valence-corrected chi connectivity index (χ0v) is 13.0. The summed E-state index contributed by atoms with van der Waals surface area (Å²) in [5.74, 6) is 0.675. The van der Waals surface area contributed by atoms with Crippen molar-refractivity contribution in [1.29, 1.82) is 0 Å². The van der Waals surface area contributed by atoms with Crippen LogP contribution in [0.25, 0.3) is 0 Å². The number of hydrogen-bond donors (Lipinski definition) is 2. The van der Waals surface area contributed by atoms with Crippen LogP contribution in [0.3, 0.4) is 0 Å². The molecule has 1 aromatic rings. The SMILES string of the molecule is Cl.O=C(CCC1CCNC1)NCc1cccc(OC(F)F)c1. The minimum atomic E-state index is -2.84. The van der Waals surface area contributed by atoms with E-state index in [0.717, 1.165) is 31.5 Å². The van der Waals surface area contributed by atoms with Gasteiger partial charge in [-0.15, -0.1) is 12.4 Å². The van der Waals surface area contributed by atoms with Gasteiger partial charge >= 0.3 is 6.61 Å². The Bertz CT molecular complexity index is 469. The van der Waals surface area contributed by atoms with Gasteiger partial charge in [-0.2, -0.15) is 8.78 Å². The van der Waals surface area contributed by atoms with E-state index in [0.29, 0.717) is 18.9 Å². The van der Waals surface area contributed by atoms with Crippen molar-refractivity contribution >= 4 is 18.3 Å². The van der Waals surface area contributed by atoms with Crippen LogP contribution in [0.5, 0.6) is 5.75 Å². The van der Waals surface area contributed by atoms with Gasteiger partial charge in [-0.05, 0) is 49.5 Å². The van der Waals surface area contributed by atoms with Crippen molar-refractivity contribution in [2.75, 3.05) is 13.1 Å². The van der Waals surface area contributed by atoms with E-state index in [9.17, 15) is 13.6 Å². The minimum absolute atomic E-state index is 0. The van der Waals surface area contributed by atoms with E-state index >= 15 is 0 Å². The Morgan fingerprint density at radius 3 is 2.95 bits per heavy atom. The molecule has 1 aliphatic rings. The van der Waals surface area contributed by atoms with Gasteiger partial charge in [-0.1, -0.05) is 12.1 Å². The molecule has 124 valence electrons. The highest BCUT2D eigenvalue weighted by molar-refractivity contribution is 5.85. The second kappa shape index (κ2) is 9.58. The minimum Gasteiger partial charge on any atom is -0.435 e. The predicted octanol–water partition coefficient (Wildman–Crippen LogP) is 2.72. The summed E-state index contributed by atoms with van der Waals surface area (Å²) in [6, 6.07) is 6.36. The molecule has 1 amide bonds. The molecule has 0 saturated carbocycles. The Hall–Kier alpha value is -1.40. The number of carbonyl (C=O) groups is 1. The van der Waals surface area contributed by atoms with Crippen LogP contribution in [-0.4, -0.2) is 25.6 Å². The smallest absolute Gasteiger partial charge is 0.387 e. The summed E-state index contributed by atoms with van der Waals surface area (Å²) in [6.07, 6.45) is 2.51. The first-order chi connectivity index (χ1) is 10.1. The Kier molecular flexibility index (Phi) is 8.12. The van der Waals surface area contributed by atoms with Crippen molar-refractivity contribution < 1.29 is 18.3 Å². The Morgan fingerprint density at radius 1 is 1.45 bits per heavy atom. The molecular weight excluding hydrogens is 314 g/mol. The molecule has 1 heterocycles. The maximum Gasteiger partial charge on any atom is 0.387 e. The van der Waals surface area contributed by atoms with Gasteiger partial charge in [0.05, 0.1) is 0 Å². The van der Waals surface area contributed by atoms with E-state index < -0.39 is 6.61 Å². The second-order valence-electron chi connectivity index (χ2n) is 5.20. The van der Waals surface area contributed by atoms with Gasteiger partial charge in [-0.3, -0.25) is 4.79 Å². The van der Waals surface area contributed by atoms with E-state index in [4.69, 9.17) is 0 Å². The van der Waals surface area contributed by atoms with Crippen LogP contribution in [0.1, 0.15) is 24.8 Å². The summed E-state index contributed by atoms with van der Waals surface area (Å²) in [5, 5.41) is 6.07. The normalized spacial score (nSPS) is 17.1. The summed E-state index contributed by atoms with van der Waals surface area (Å²) < 4.78 is 28.6. The van der Waals surface area contributed by atoms with Crippen LogP contribution in [0.15, 0.2) is 24.3 Å². The number of carbonyl (C=O) groups excluding carboxylic acids is 1. The molecule has 0 aliphatic carbocycles. The molecule has 1 aromatic carbocycles. The lowest BCUT2D eigenvalue weighted by molar-refractivity contribution is -0.121. The van der Waals surface area contributed by atoms with Crippen molar-refractivity contribution in [2.45, 2.75) is 32.4 Å². The van der Waals surface area contributed by atoms with Gasteiger partial charge in [0.2, 0.25) is 5.91 Å². The van der Waals surface area contributed by atoms with Crippen LogP contribution in [0.4, 0.5) is 8.78 Å². The van der Waals surface area contributed by atoms with E-state index in [1.165, 1.54) is 12.1 Å². The zero-order chi connectivity index (χ0) is 15.1. The largest absolute Gasteiger partial charge is 0.435 e. The van der Waals surface area contributed by atoms with Gasteiger partial charge in [0, 0.05) is 13.0 Å². The van der Waals surface area contributed by atoms with Crippen molar-refractivity contribution in [3.05, 3.63) is 29.8 Å². The number of amides is 1. The van der Waals surface area contributed by atoms with Crippen molar-refractivity contribution in [1.82, 2.24) is 10.6 Å². The Labute approximate surface area is 135 Å². The van der Waals surface area contributed by atoms with Crippen LogP contribution in [-0.2, 0) is 11.3 Å². The fourth-order valence-electron chi connectivity index (χ4n) is 2.42. The second-order valence-corrected chi connectivity index (χ2v) is 5.20. The highest BCUT2D eigenvalue weighted by Crippen LogP contribution is 2.16. The van der Waals surface area contributed by atoms with E-state index in [1.807, 2.05) is 0 Å². The molecule has 7 heteroatoms. The summed E-state index contributed by atoms with van der Waals surface area (Å²) in [6.45, 7) is -0.499. The third-order valence-corrected chi connectivity index (χ3v) is 3.56. The number of rotatable bonds is 7. The molecule has 0 aromatic heterocycles. The lowest BCUT2D eigenvalue weighted by Gasteiger charge is -2.10. The summed E-state index contributed by atoms with van der Waals surface area (Å²) in [4.78, 5) is 11.8. The van der Waals surface area contributed by atoms with Gasteiger partial charge < -0.3 is 15.4 Å². The average Bonchev–Trinajstić information content (AvgIpc) is 2.96. The molecule has 1 aliphatic heterocycles. The molecule has 1 atom stereocenters. The average molecular weight is 335 g/mol. The van der Waals surface area contributed by atoms with E-state index in [1.54, 1.807) is 12.1 Å². The maximum absolute atomic E-state index is 12.1. The van der Waals surface area contributed by atoms with Gasteiger partial charge in [0.25, 0.3) is 0 Å². The van der Waals surface area contributed by atoms with Gasteiger partial charge in [-0.25, -0.2) is 0 Å². The topological polar surface area (TPSA) is 50.4 Å². The van der Waals surface area contributed by atoms with Crippen molar-refractivity contribution in [2.24, 2.45) is 5.92 Å². The molecule has 4 nitrogen and oxygen atoms in total. The van der Waals surface area contributed by atoms with Gasteiger partial charge in [0.1, 0.15) is 5.75 Å². The first kappa shape index (κ1) is 18.6. The molecule has 0 spiro atoms. The molecule has 2 N–H and O–H groups in total. The molecule has 1 saturated heterocycles. The first-order valence-corrected chi connectivity index (χ1v) is 7.14. The lowest BCUT2D eigenvalue weighted by atomic mass is 10.0. The monoisotopic (exact) mass is 334 g/mol. The number of benzene rings is 1. The number of hydrogen-bond acceptors (Lipinski definition) is 3. The molecular formula is C15H21ClF2N2O2. The van der Waals surface area contributed by atoms with Crippen molar-refractivity contribution in [3.8, 4) is 5.75 Å². The predicted molar refractivity (Wildman–Crippen MR) is 82.4 cm³/mol. The highest BCUT2D eigenvalue weighted by Gasteiger charge is 2.15. The van der Waals surface area contributed by atoms with Gasteiger partial charge in [0.15, 0.2) is 0 Å². The fraction of sp³-hybridized carbons (Fsp3) is 0.533. The number of halogens is 3. The van der Waals surface area contributed by atoms with Crippen LogP contribution in [0.2, 0.25) is 0 Å².